The van der Waals surface area contributed by atoms with Gasteiger partial charge in [0.1, 0.15) is 0 Å². The maximum absolute atomic E-state index is 3.63. The minimum atomic E-state index is 0.683. The largest absolute Gasteiger partial charge is 0.313 e. The number of hydrogen-bond donors (Lipinski definition) is 1. The van der Waals surface area contributed by atoms with Crippen LogP contribution in [0.2, 0.25) is 0 Å². The van der Waals surface area contributed by atoms with Crippen molar-refractivity contribution in [3.05, 3.63) is 0 Å². The van der Waals surface area contributed by atoms with Gasteiger partial charge in [-0.15, -0.1) is 0 Å². The van der Waals surface area contributed by atoms with Crippen LogP contribution in [0.5, 0.6) is 0 Å². The third kappa shape index (κ3) is 5.71. The van der Waals surface area contributed by atoms with Crippen LogP contribution in [0.25, 0.3) is 0 Å². The predicted molar refractivity (Wildman–Crippen MR) is 81.0 cm³/mol. The highest BCUT2D eigenvalue weighted by Gasteiger charge is 2.21. The van der Waals surface area contributed by atoms with Crippen LogP contribution < -0.4 is 5.32 Å². The second-order valence-electron chi connectivity index (χ2n) is 6.26. The van der Waals surface area contributed by atoms with Crippen molar-refractivity contribution in [3.63, 3.8) is 0 Å². The smallest absolute Gasteiger partial charge is 0.0195 e. The van der Waals surface area contributed by atoms with E-state index in [1.54, 1.807) is 0 Å². The molecule has 0 spiro atoms. The van der Waals surface area contributed by atoms with Crippen LogP contribution in [-0.4, -0.2) is 36.6 Å². The lowest BCUT2D eigenvalue weighted by Crippen LogP contribution is -2.43. The fraction of sp³-hybridized carbons (Fsp3) is 1.00. The zero-order chi connectivity index (χ0) is 13.4. The minimum absolute atomic E-state index is 0.683. The molecule has 0 saturated carbocycles. The van der Waals surface area contributed by atoms with Gasteiger partial charge in [0.15, 0.2) is 0 Å². The molecular weight excluding hydrogens is 220 g/mol. The Morgan fingerprint density at radius 1 is 1.28 bits per heavy atom. The highest BCUT2D eigenvalue weighted by Crippen LogP contribution is 2.17. The van der Waals surface area contributed by atoms with Crippen molar-refractivity contribution in [2.75, 3.05) is 19.6 Å². The highest BCUT2D eigenvalue weighted by molar-refractivity contribution is 4.80. The third-order valence-corrected chi connectivity index (χ3v) is 4.38. The standard InChI is InChI=1S/C16H34N2/c1-5-7-9-15(6-2)12-18(14(3)4)13-16-10-8-11-17-16/h14-17H,5-13H2,1-4H3. The molecule has 0 aromatic rings. The van der Waals surface area contributed by atoms with E-state index >= 15 is 0 Å². The molecule has 1 fully saturated rings. The summed E-state index contributed by atoms with van der Waals surface area (Å²) >= 11 is 0. The minimum Gasteiger partial charge on any atom is -0.313 e. The lowest BCUT2D eigenvalue weighted by molar-refractivity contribution is 0.164. The molecule has 0 bridgehead atoms. The van der Waals surface area contributed by atoms with Gasteiger partial charge in [0.25, 0.3) is 0 Å². The summed E-state index contributed by atoms with van der Waals surface area (Å²) in [5.74, 6) is 0.897. The van der Waals surface area contributed by atoms with Crippen molar-refractivity contribution in [2.24, 2.45) is 5.92 Å². The first-order valence-corrected chi connectivity index (χ1v) is 8.14. The van der Waals surface area contributed by atoms with Gasteiger partial charge in [-0.25, -0.2) is 0 Å². The highest BCUT2D eigenvalue weighted by atomic mass is 15.2. The van der Waals surface area contributed by atoms with Gasteiger partial charge in [0.05, 0.1) is 0 Å². The lowest BCUT2D eigenvalue weighted by atomic mass is 9.98. The Morgan fingerprint density at radius 3 is 2.56 bits per heavy atom. The summed E-state index contributed by atoms with van der Waals surface area (Å²) in [5, 5.41) is 3.63. The Labute approximate surface area is 115 Å². The maximum Gasteiger partial charge on any atom is 0.0195 e. The summed E-state index contributed by atoms with van der Waals surface area (Å²) in [7, 11) is 0. The first kappa shape index (κ1) is 16.0. The van der Waals surface area contributed by atoms with Gasteiger partial charge >= 0.3 is 0 Å². The fourth-order valence-corrected chi connectivity index (χ4v) is 2.94. The molecule has 18 heavy (non-hydrogen) atoms. The topological polar surface area (TPSA) is 15.3 Å². The SMILES string of the molecule is CCCCC(CC)CN(CC1CCCN1)C(C)C. The third-order valence-electron chi connectivity index (χ3n) is 4.38. The number of nitrogens with zero attached hydrogens (tertiary/aromatic N) is 1. The Kier molecular flexibility index (Phi) is 7.92. The molecule has 1 saturated heterocycles. The van der Waals surface area contributed by atoms with Gasteiger partial charge in [-0.2, -0.15) is 0 Å². The zero-order valence-corrected chi connectivity index (χ0v) is 13.0. The van der Waals surface area contributed by atoms with Gasteiger partial charge in [-0.05, 0) is 45.6 Å². The van der Waals surface area contributed by atoms with Crippen LogP contribution in [-0.2, 0) is 0 Å². The molecule has 0 aromatic carbocycles. The van der Waals surface area contributed by atoms with Crippen LogP contribution >= 0.6 is 0 Å². The van der Waals surface area contributed by atoms with E-state index in [0.717, 1.165) is 12.0 Å². The van der Waals surface area contributed by atoms with E-state index in [4.69, 9.17) is 0 Å². The van der Waals surface area contributed by atoms with E-state index in [0.29, 0.717) is 6.04 Å². The first-order valence-electron chi connectivity index (χ1n) is 8.14. The normalized spacial score (nSPS) is 22.0. The van der Waals surface area contributed by atoms with Gasteiger partial charge in [0.2, 0.25) is 0 Å². The van der Waals surface area contributed by atoms with Gasteiger partial charge in [-0.3, -0.25) is 4.90 Å². The molecule has 1 aliphatic heterocycles. The Bertz CT molecular complexity index is 197. The molecule has 0 aliphatic carbocycles. The maximum atomic E-state index is 3.63. The molecular formula is C16H34N2. The number of rotatable bonds is 9. The number of unbranched alkanes of at least 4 members (excludes halogenated alkanes) is 1. The summed E-state index contributed by atoms with van der Waals surface area (Å²) in [6, 6.07) is 1.43. The van der Waals surface area contributed by atoms with Gasteiger partial charge in [0, 0.05) is 25.2 Å². The molecule has 108 valence electrons. The average Bonchev–Trinajstić information content (AvgIpc) is 2.85. The van der Waals surface area contributed by atoms with Crippen LogP contribution in [0, 0.1) is 5.92 Å². The summed E-state index contributed by atoms with van der Waals surface area (Å²) in [6.07, 6.45) is 8.21. The van der Waals surface area contributed by atoms with Crippen molar-refractivity contribution in [1.29, 1.82) is 0 Å². The second kappa shape index (κ2) is 8.92. The van der Waals surface area contributed by atoms with E-state index in [2.05, 4.69) is 37.9 Å². The van der Waals surface area contributed by atoms with E-state index < -0.39 is 0 Å². The quantitative estimate of drug-likeness (QED) is 0.675. The first-order chi connectivity index (χ1) is 8.67. The molecule has 2 atom stereocenters. The van der Waals surface area contributed by atoms with Crippen LogP contribution in [0.3, 0.4) is 0 Å². The van der Waals surface area contributed by atoms with Crippen LogP contribution in [0.15, 0.2) is 0 Å². The molecule has 2 unspecified atom stereocenters. The number of hydrogen-bond acceptors (Lipinski definition) is 2. The summed E-state index contributed by atoms with van der Waals surface area (Å²) in [4.78, 5) is 2.70. The van der Waals surface area contributed by atoms with Crippen molar-refractivity contribution < 1.29 is 0 Å². The Balaban J connectivity index is 2.39. The summed E-state index contributed by atoms with van der Waals surface area (Å²) < 4.78 is 0. The summed E-state index contributed by atoms with van der Waals surface area (Å²) in [6.45, 7) is 13.1. The van der Waals surface area contributed by atoms with E-state index in [1.807, 2.05) is 0 Å². The fourth-order valence-electron chi connectivity index (χ4n) is 2.94. The molecule has 2 nitrogen and oxygen atoms in total. The molecule has 1 heterocycles. The molecule has 0 amide bonds. The van der Waals surface area contributed by atoms with E-state index in [9.17, 15) is 0 Å². The number of nitrogens with one attached hydrogen (secondary N) is 1. The van der Waals surface area contributed by atoms with Gasteiger partial charge in [-0.1, -0.05) is 33.1 Å². The second-order valence-corrected chi connectivity index (χ2v) is 6.26. The molecule has 0 radical (unpaired) electrons. The molecule has 1 rings (SSSR count). The Morgan fingerprint density at radius 2 is 2.06 bits per heavy atom. The lowest BCUT2D eigenvalue weighted by Gasteiger charge is -2.32. The zero-order valence-electron chi connectivity index (χ0n) is 13.0. The molecule has 0 aromatic heterocycles. The van der Waals surface area contributed by atoms with Gasteiger partial charge < -0.3 is 5.32 Å². The molecule has 2 heteroatoms. The monoisotopic (exact) mass is 254 g/mol. The van der Waals surface area contributed by atoms with Crippen molar-refractivity contribution >= 4 is 0 Å². The summed E-state index contributed by atoms with van der Waals surface area (Å²) in [5.41, 5.74) is 0. The van der Waals surface area contributed by atoms with Crippen molar-refractivity contribution in [3.8, 4) is 0 Å². The average molecular weight is 254 g/mol. The van der Waals surface area contributed by atoms with Crippen molar-refractivity contribution in [2.45, 2.75) is 78.3 Å². The van der Waals surface area contributed by atoms with Crippen LogP contribution in [0.4, 0.5) is 0 Å². The van der Waals surface area contributed by atoms with E-state index in [1.165, 1.54) is 58.2 Å². The predicted octanol–water partition coefficient (Wildman–Crippen LogP) is 3.67. The molecule has 1 N–H and O–H groups in total. The van der Waals surface area contributed by atoms with E-state index in [-0.39, 0.29) is 0 Å². The van der Waals surface area contributed by atoms with Crippen LogP contribution in [0.1, 0.15) is 66.2 Å². The van der Waals surface area contributed by atoms with Crippen molar-refractivity contribution in [1.82, 2.24) is 10.2 Å². The Hall–Kier alpha value is -0.0800. The molecule has 1 aliphatic rings.